The molecule has 0 aliphatic rings. The van der Waals surface area contributed by atoms with E-state index in [9.17, 15) is 4.79 Å². The zero-order valence-corrected chi connectivity index (χ0v) is 12.9. The quantitative estimate of drug-likeness (QED) is 0.354. The third-order valence-corrected chi connectivity index (χ3v) is 4.04. The van der Waals surface area contributed by atoms with Gasteiger partial charge in [-0.3, -0.25) is 0 Å². The topological polar surface area (TPSA) is 72.2 Å². The lowest BCUT2D eigenvalue weighted by Crippen LogP contribution is -2.11. The second-order valence-corrected chi connectivity index (χ2v) is 5.53. The van der Waals surface area contributed by atoms with Crippen molar-refractivity contribution in [3.8, 4) is 16.6 Å². The van der Waals surface area contributed by atoms with E-state index in [1.54, 1.807) is 16.7 Å². The SMILES string of the molecule is COCCOC(=O)/C(C#N)=C\c1csc(-c2ccsc2)n1. The Balaban J connectivity index is 2.10. The minimum atomic E-state index is -0.667. The molecule has 0 saturated heterocycles. The number of hydrogen-bond acceptors (Lipinski definition) is 7. The molecule has 0 aliphatic heterocycles. The summed E-state index contributed by atoms with van der Waals surface area (Å²) in [6.45, 7) is 0.412. The fraction of sp³-hybridized carbons (Fsp3) is 0.214. The summed E-state index contributed by atoms with van der Waals surface area (Å²) in [7, 11) is 1.51. The van der Waals surface area contributed by atoms with Crippen LogP contribution in [-0.4, -0.2) is 31.3 Å². The van der Waals surface area contributed by atoms with E-state index in [0.29, 0.717) is 12.3 Å². The molecule has 0 spiro atoms. The highest BCUT2D eigenvalue weighted by atomic mass is 32.1. The minimum Gasteiger partial charge on any atom is -0.459 e. The molecule has 2 aromatic heterocycles. The molecule has 5 nitrogen and oxygen atoms in total. The van der Waals surface area contributed by atoms with Crippen LogP contribution in [0.5, 0.6) is 0 Å². The number of aromatic nitrogens is 1. The monoisotopic (exact) mass is 320 g/mol. The molecular formula is C14H12N2O3S2. The average Bonchev–Trinajstić information content (AvgIpc) is 3.15. The van der Waals surface area contributed by atoms with Gasteiger partial charge in [0.25, 0.3) is 0 Å². The van der Waals surface area contributed by atoms with Crippen LogP contribution in [-0.2, 0) is 14.3 Å². The summed E-state index contributed by atoms with van der Waals surface area (Å²) >= 11 is 3.05. The first-order chi connectivity index (χ1) is 10.2. The Morgan fingerprint density at radius 3 is 3.00 bits per heavy atom. The molecule has 0 amide bonds. The number of thiophene rings is 1. The fourth-order valence-electron chi connectivity index (χ4n) is 1.45. The predicted octanol–water partition coefficient (Wildman–Crippen LogP) is 2.97. The van der Waals surface area contributed by atoms with Crippen molar-refractivity contribution in [2.24, 2.45) is 0 Å². The number of nitrogens with zero attached hydrogens (tertiary/aromatic N) is 2. The molecule has 21 heavy (non-hydrogen) atoms. The maximum absolute atomic E-state index is 11.7. The van der Waals surface area contributed by atoms with Crippen molar-refractivity contribution in [2.45, 2.75) is 0 Å². The van der Waals surface area contributed by atoms with Crippen LogP contribution < -0.4 is 0 Å². The van der Waals surface area contributed by atoms with E-state index in [2.05, 4.69) is 4.98 Å². The summed E-state index contributed by atoms with van der Waals surface area (Å²) in [5, 5.41) is 15.7. The molecule has 0 radical (unpaired) electrons. The average molecular weight is 320 g/mol. The molecule has 0 bridgehead atoms. The van der Waals surface area contributed by atoms with E-state index in [-0.39, 0.29) is 12.2 Å². The zero-order valence-electron chi connectivity index (χ0n) is 11.2. The van der Waals surface area contributed by atoms with Gasteiger partial charge in [0.05, 0.1) is 12.3 Å². The van der Waals surface area contributed by atoms with Gasteiger partial charge in [-0.15, -0.1) is 11.3 Å². The third kappa shape index (κ3) is 4.23. The molecule has 2 rings (SSSR count). The van der Waals surface area contributed by atoms with Crippen LogP contribution in [0.4, 0.5) is 0 Å². The van der Waals surface area contributed by atoms with Gasteiger partial charge >= 0.3 is 5.97 Å². The molecule has 0 unspecified atom stereocenters. The van der Waals surface area contributed by atoms with Gasteiger partial charge < -0.3 is 9.47 Å². The van der Waals surface area contributed by atoms with Crippen molar-refractivity contribution in [2.75, 3.05) is 20.3 Å². The molecule has 2 heterocycles. The first-order valence-electron chi connectivity index (χ1n) is 6.00. The summed E-state index contributed by atoms with van der Waals surface area (Å²) in [6.07, 6.45) is 1.43. The molecule has 108 valence electrons. The van der Waals surface area contributed by atoms with Crippen molar-refractivity contribution in [3.63, 3.8) is 0 Å². The van der Waals surface area contributed by atoms with Crippen LogP contribution in [0.2, 0.25) is 0 Å². The number of ether oxygens (including phenoxy) is 2. The highest BCUT2D eigenvalue weighted by Crippen LogP contribution is 2.26. The van der Waals surface area contributed by atoms with Crippen LogP contribution in [0.3, 0.4) is 0 Å². The number of thiazole rings is 1. The second-order valence-electron chi connectivity index (χ2n) is 3.89. The third-order valence-electron chi connectivity index (χ3n) is 2.44. The zero-order chi connectivity index (χ0) is 15.1. The number of rotatable bonds is 6. The Morgan fingerprint density at radius 2 is 2.33 bits per heavy atom. The Bertz CT molecular complexity index is 669. The Labute approximate surface area is 130 Å². The predicted molar refractivity (Wildman–Crippen MR) is 81.9 cm³/mol. The normalized spacial score (nSPS) is 11.1. The largest absolute Gasteiger partial charge is 0.459 e. The first-order valence-corrected chi connectivity index (χ1v) is 7.83. The Hall–Kier alpha value is -2.01. The van der Waals surface area contributed by atoms with E-state index in [0.717, 1.165) is 10.6 Å². The maximum Gasteiger partial charge on any atom is 0.349 e. The first kappa shape index (κ1) is 15.4. The van der Waals surface area contributed by atoms with E-state index < -0.39 is 5.97 Å². The van der Waals surface area contributed by atoms with Gasteiger partial charge in [0, 0.05) is 23.4 Å². The number of esters is 1. The van der Waals surface area contributed by atoms with Gasteiger partial charge in [0.2, 0.25) is 0 Å². The standard InChI is InChI=1S/C14H12N2O3S2/c1-18-3-4-19-14(17)11(7-15)6-12-9-21-13(16-12)10-2-5-20-8-10/h2,5-6,8-9H,3-4H2,1H3/b11-6-. The molecule has 0 atom stereocenters. The van der Waals surface area contributed by atoms with Crippen LogP contribution in [0.15, 0.2) is 27.8 Å². The van der Waals surface area contributed by atoms with E-state index in [4.69, 9.17) is 14.7 Å². The summed E-state index contributed by atoms with van der Waals surface area (Å²) in [5.41, 5.74) is 1.53. The minimum absolute atomic E-state index is 0.0757. The molecule has 0 aromatic carbocycles. The lowest BCUT2D eigenvalue weighted by atomic mass is 10.2. The fourth-order valence-corrected chi connectivity index (χ4v) is 2.94. The van der Waals surface area contributed by atoms with Crippen molar-refractivity contribution >= 4 is 34.7 Å². The van der Waals surface area contributed by atoms with Crippen LogP contribution in [0.25, 0.3) is 16.6 Å². The number of nitriles is 1. The van der Waals surface area contributed by atoms with Gasteiger partial charge in [-0.1, -0.05) is 0 Å². The van der Waals surface area contributed by atoms with Gasteiger partial charge in [-0.25, -0.2) is 9.78 Å². The van der Waals surface area contributed by atoms with E-state index >= 15 is 0 Å². The Kier molecular flexibility index (Phi) is 5.63. The van der Waals surface area contributed by atoms with Gasteiger partial charge in [-0.2, -0.15) is 16.6 Å². The number of carbonyl (C=O) groups excluding carboxylic acids is 1. The Morgan fingerprint density at radius 1 is 1.48 bits per heavy atom. The lowest BCUT2D eigenvalue weighted by Gasteiger charge is -2.01. The second kappa shape index (κ2) is 7.69. The van der Waals surface area contributed by atoms with Crippen molar-refractivity contribution in [1.29, 1.82) is 5.26 Å². The van der Waals surface area contributed by atoms with Crippen molar-refractivity contribution in [1.82, 2.24) is 4.98 Å². The van der Waals surface area contributed by atoms with Gasteiger partial charge in [0.15, 0.2) is 0 Å². The number of hydrogen-bond donors (Lipinski definition) is 0. The smallest absolute Gasteiger partial charge is 0.349 e. The van der Waals surface area contributed by atoms with E-state index in [1.165, 1.54) is 24.5 Å². The summed E-state index contributed by atoms with van der Waals surface area (Å²) in [6, 6.07) is 3.81. The van der Waals surface area contributed by atoms with Crippen molar-refractivity contribution in [3.05, 3.63) is 33.5 Å². The highest BCUT2D eigenvalue weighted by molar-refractivity contribution is 7.14. The maximum atomic E-state index is 11.7. The molecular weight excluding hydrogens is 308 g/mol. The summed E-state index contributed by atoms with van der Waals surface area (Å²) < 4.78 is 9.69. The molecule has 0 saturated carbocycles. The van der Waals surface area contributed by atoms with Crippen molar-refractivity contribution < 1.29 is 14.3 Å². The number of carbonyl (C=O) groups is 1. The lowest BCUT2D eigenvalue weighted by molar-refractivity contribution is -0.139. The molecule has 2 aromatic rings. The van der Waals surface area contributed by atoms with Crippen LogP contribution >= 0.6 is 22.7 Å². The molecule has 0 aliphatic carbocycles. The van der Waals surface area contributed by atoms with Gasteiger partial charge in [0.1, 0.15) is 23.3 Å². The summed E-state index contributed by atoms with van der Waals surface area (Å²) in [4.78, 5) is 16.1. The summed E-state index contributed by atoms with van der Waals surface area (Å²) in [5.74, 6) is -0.667. The molecule has 0 fully saturated rings. The molecule has 7 heteroatoms. The molecule has 0 N–H and O–H groups in total. The highest BCUT2D eigenvalue weighted by Gasteiger charge is 2.12. The van der Waals surface area contributed by atoms with E-state index in [1.807, 2.05) is 22.9 Å². The van der Waals surface area contributed by atoms with Crippen LogP contribution in [0, 0.1) is 11.3 Å². The van der Waals surface area contributed by atoms with Crippen LogP contribution in [0.1, 0.15) is 5.69 Å². The number of methoxy groups -OCH3 is 1. The van der Waals surface area contributed by atoms with Gasteiger partial charge in [-0.05, 0) is 17.5 Å².